The maximum Gasteiger partial charge on any atom is 0.202 e. The van der Waals surface area contributed by atoms with E-state index in [1.807, 2.05) is 5.38 Å². The number of carbonyl (C=O) groups excluding carboxylic acids is 1. The number of hydrogen-bond donors (Lipinski definition) is 0. The van der Waals surface area contributed by atoms with Crippen molar-refractivity contribution in [3.8, 4) is 0 Å². The van der Waals surface area contributed by atoms with Crippen LogP contribution in [0.2, 0.25) is 0 Å². The fourth-order valence-electron chi connectivity index (χ4n) is 1.11. The van der Waals surface area contributed by atoms with Crippen molar-refractivity contribution in [3.63, 3.8) is 0 Å². The Morgan fingerprint density at radius 1 is 1.54 bits per heavy atom. The summed E-state index contributed by atoms with van der Waals surface area (Å²) in [5.74, 6) is 0.576. The molecular formula is C9H9NO2S. The minimum atomic E-state index is -0.723. The smallest absolute Gasteiger partial charge is 0.202 e. The van der Waals surface area contributed by atoms with Crippen LogP contribution in [-0.4, -0.2) is 16.4 Å². The average molecular weight is 195 g/mol. The zero-order valence-electron chi connectivity index (χ0n) is 7.40. The second-order valence-electron chi connectivity index (χ2n) is 3.36. The molecule has 0 N–H and O–H groups in total. The highest BCUT2D eigenvalue weighted by atomic mass is 32.1. The molecule has 2 rings (SSSR count). The molecule has 1 aromatic heterocycles. The molecule has 0 fully saturated rings. The van der Waals surface area contributed by atoms with E-state index in [2.05, 4.69) is 4.98 Å². The first-order chi connectivity index (χ1) is 6.09. The summed E-state index contributed by atoms with van der Waals surface area (Å²) in [6.45, 7) is 3.51. The van der Waals surface area contributed by atoms with E-state index in [1.165, 1.54) is 17.4 Å². The van der Waals surface area contributed by atoms with E-state index in [-0.39, 0.29) is 5.78 Å². The lowest BCUT2D eigenvalue weighted by Gasteiger charge is -2.16. The van der Waals surface area contributed by atoms with E-state index in [0.717, 1.165) is 5.69 Å². The van der Waals surface area contributed by atoms with E-state index in [1.54, 1.807) is 19.4 Å². The van der Waals surface area contributed by atoms with Crippen LogP contribution in [0.3, 0.4) is 0 Å². The Bertz CT molecular complexity index is 365. The average Bonchev–Trinajstić information content (AvgIpc) is 2.60. The summed E-state index contributed by atoms with van der Waals surface area (Å²) in [5, 5.41) is 1.86. The van der Waals surface area contributed by atoms with Crippen molar-refractivity contribution < 1.29 is 9.53 Å². The molecule has 1 aliphatic rings. The largest absolute Gasteiger partial charge is 0.477 e. The van der Waals surface area contributed by atoms with Gasteiger partial charge in [0.1, 0.15) is 5.69 Å². The molecule has 3 nitrogen and oxygen atoms in total. The lowest BCUT2D eigenvalue weighted by Crippen LogP contribution is -2.27. The molecule has 0 unspecified atom stereocenters. The van der Waals surface area contributed by atoms with E-state index in [0.29, 0.717) is 5.76 Å². The fourth-order valence-corrected chi connectivity index (χ4v) is 1.65. The van der Waals surface area contributed by atoms with Crippen LogP contribution in [-0.2, 0) is 9.53 Å². The molecule has 2 heterocycles. The van der Waals surface area contributed by atoms with Gasteiger partial charge >= 0.3 is 0 Å². The van der Waals surface area contributed by atoms with Crippen LogP contribution in [0.5, 0.6) is 0 Å². The standard InChI is InChI=1S/C9H9NO2S/c1-9(2)8(11)3-7(12-9)6-4-13-5-10-6/h3-5H,1-2H3. The van der Waals surface area contributed by atoms with Crippen LogP contribution in [0, 0.1) is 0 Å². The molecule has 0 spiro atoms. The van der Waals surface area contributed by atoms with Gasteiger partial charge < -0.3 is 4.74 Å². The second-order valence-corrected chi connectivity index (χ2v) is 4.08. The van der Waals surface area contributed by atoms with Gasteiger partial charge in [0.05, 0.1) is 5.51 Å². The number of ether oxygens (including phenoxy) is 1. The monoisotopic (exact) mass is 195 g/mol. The fraction of sp³-hybridized carbons (Fsp3) is 0.333. The first-order valence-electron chi connectivity index (χ1n) is 3.93. The number of rotatable bonds is 1. The molecule has 0 aromatic carbocycles. The van der Waals surface area contributed by atoms with Crippen LogP contribution in [0.1, 0.15) is 19.5 Å². The molecular weight excluding hydrogens is 186 g/mol. The van der Waals surface area contributed by atoms with Crippen LogP contribution in [0.15, 0.2) is 17.0 Å². The minimum absolute atomic E-state index is 0.00417. The van der Waals surface area contributed by atoms with Crippen molar-refractivity contribution in [2.24, 2.45) is 0 Å². The minimum Gasteiger partial charge on any atom is -0.477 e. The highest BCUT2D eigenvalue weighted by Crippen LogP contribution is 2.30. The Hall–Kier alpha value is -1.16. The van der Waals surface area contributed by atoms with Gasteiger partial charge in [-0.05, 0) is 13.8 Å². The molecule has 13 heavy (non-hydrogen) atoms. The predicted octanol–water partition coefficient (Wildman–Crippen LogP) is 1.86. The molecule has 0 bridgehead atoms. The molecule has 1 aliphatic heterocycles. The van der Waals surface area contributed by atoms with E-state index in [9.17, 15) is 4.79 Å². The number of nitrogens with zero attached hydrogens (tertiary/aromatic N) is 1. The van der Waals surface area contributed by atoms with Crippen molar-refractivity contribution in [3.05, 3.63) is 22.7 Å². The third kappa shape index (κ3) is 1.37. The molecule has 0 amide bonds. The van der Waals surface area contributed by atoms with Gasteiger partial charge in [-0.25, -0.2) is 4.98 Å². The molecule has 1 aromatic rings. The molecule has 68 valence electrons. The first-order valence-corrected chi connectivity index (χ1v) is 4.87. The molecule has 0 atom stereocenters. The van der Waals surface area contributed by atoms with Crippen molar-refractivity contribution in [2.75, 3.05) is 0 Å². The van der Waals surface area contributed by atoms with Crippen LogP contribution >= 0.6 is 11.3 Å². The molecule has 4 heteroatoms. The van der Waals surface area contributed by atoms with Gasteiger partial charge in [-0.2, -0.15) is 0 Å². The summed E-state index contributed by atoms with van der Waals surface area (Å²) in [5.41, 5.74) is 1.73. The Kier molecular flexibility index (Phi) is 1.73. The lowest BCUT2D eigenvalue weighted by molar-refractivity contribution is -0.125. The predicted molar refractivity (Wildman–Crippen MR) is 50.3 cm³/mol. The Labute approximate surface area is 80.1 Å². The highest BCUT2D eigenvalue weighted by Gasteiger charge is 2.35. The van der Waals surface area contributed by atoms with Crippen molar-refractivity contribution in [1.82, 2.24) is 4.98 Å². The zero-order chi connectivity index (χ0) is 9.47. The Morgan fingerprint density at radius 2 is 2.31 bits per heavy atom. The third-order valence-corrected chi connectivity index (χ3v) is 2.49. The SMILES string of the molecule is CC1(C)OC(c2cscn2)=CC1=O. The Morgan fingerprint density at radius 3 is 2.77 bits per heavy atom. The summed E-state index contributed by atoms with van der Waals surface area (Å²) < 4.78 is 5.46. The maximum absolute atomic E-state index is 11.4. The summed E-state index contributed by atoms with van der Waals surface area (Å²) >= 11 is 1.48. The zero-order valence-corrected chi connectivity index (χ0v) is 8.22. The quantitative estimate of drug-likeness (QED) is 0.686. The van der Waals surface area contributed by atoms with Gasteiger partial charge in [-0.15, -0.1) is 11.3 Å². The molecule has 0 saturated carbocycles. The highest BCUT2D eigenvalue weighted by molar-refractivity contribution is 7.07. The Balaban J connectivity index is 2.32. The van der Waals surface area contributed by atoms with E-state index >= 15 is 0 Å². The number of aromatic nitrogens is 1. The number of ketones is 1. The van der Waals surface area contributed by atoms with Gasteiger partial charge in [0.15, 0.2) is 11.4 Å². The summed E-state index contributed by atoms with van der Waals surface area (Å²) in [7, 11) is 0. The van der Waals surface area contributed by atoms with E-state index in [4.69, 9.17) is 4.74 Å². The summed E-state index contributed by atoms with van der Waals surface area (Å²) in [6.07, 6.45) is 1.51. The van der Waals surface area contributed by atoms with Crippen molar-refractivity contribution in [2.45, 2.75) is 19.4 Å². The van der Waals surface area contributed by atoms with Crippen LogP contribution < -0.4 is 0 Å². The number of thiazole rings is 1. The topological polar surface area (TPSA) is 39.2 Å². The summed E-state index contributed by atoms with van der Waals surface area (Å²) in [6, 6.07) is 0. The molecule has 0 saturated heterocycles. The van der Waals surface area contributed by atoms with Crippen molar-refractivity contribution in [1.29, 1.82) is 0 Å². The third-order valence-electron chi connectivity index (χ3n) is 1.91. The van der Waals surface area contributed by atoms with Crippen LogP contribution in [0.4, 0.5) is 0 Å². The number of carbonyl (C=O) groups is 1. The van der Waals surface area contributed by atoms with Crippen LogP contribution in [0.25, 0.3) is 5.76 Å². The lowest BCUT2D eigenvalue weighted by atomic mass is 10.1. The van der Waals surface area contributed by atoms with Gasteiger partial charge in [0.2, 0.25) is 5.78 Å². The second kappa shape index (κ2) is 2.67. The normalized spacial score (nSPS) is 19.8. The van der Waals surface area contributed by atoms with Crippen molar-refractivity contribution >= 4 is 22.9 Å². The van der Waals surface area contributed by atoms with Gasteiger partial charge in [-0.3, -0.25) is 4.79 Å². The van der Waals surface area contributed by atoms with Gasteiger partial charge in [0, 0.05) is 11.5 Å². The van der Waals surface area contributed by atoms with E-state index < -0.39 is 5.60 Å². The maximum atomic E-state index is 11.4. The van der Waals surface area contributed by atoms with Gasteiger partial charge in [0.25, 0.3) is 0 Å². The molecule has 0 radical (unpaired) electrons. The number of hydrogen-bond acceptors (Lipinski definition) is 4. The summed E-state index contributed by atoms with van der Waals surface area (Å²) in [4.78, 5) is 15.4. The molecule has 0 aliphatic carbocycles. The van der Waals surface area contributed by atoms with Gasteiger partial charge in [-0.1, -0.05) is 0 Å². The first kappa shape index (κ1) is 8.44.